The number of nitrogens with one attached hydrogen (secondary N) is 1. The number of furan rings is 1. The number of ether oxygens (including phenoxy) is 1. The summed E-state index contributed by atoms with van der Waals surface area (Å²) in [6.07, 6.45) is 1.20. The average Bonchev–Trinajstić information content (AvgIpc) is 2.93. The smallest absolute Gasteiger partial charge is 0.169 e. The predicted molar refractivity (Wildman–Crippen MR) is 70.0 cm³/mol. The van der Waals surface area contributed by atoms with Gasteiger partial charge >= 0.3 is 0 Å². The Kier molecular flexibility index (Phi) is 5.03. The fourth-order valence-electron chi connectivity index (χ4n) is 2.11. The summed E-state index contributed by atoms with van der Waals surface area (Å²) in [4.78, 5) is 2.43. The Morgan fingerprint density at radius 3 is 3.18 bits per heavy atom. The highest BCUT2D eigenvalue weighted by atomic mass is 79.9. The summed E-state index contributed by atoms with van der Waals surface area (Å²) in [5.74, 6) is 0.979. The lowest BCUT2D eigenvalue weighted by Gasteiger charge is -2.15. The van der Waals surface area contributed by atoms with Crippen molar-refractivity contribution in [1.82, 2.24) is 10.2 Å². The van der Waals surface area contributed by atoms with Crippen molar-refractivity contribution in [2.45, 2.75) is 19.0 Å². The predicted octanol–water partition coefficient (Wildman–Crippen LogP) is 1.85. The van der Waals surface area contributed by atoms with Crippen molar-refractivity contribution in [2.24, 2.45) is 0 Å². The number of rotatable bonds is 6. The average molecular weight is 303 g/mol. The second-order valence-electron chi connectivity index (χ2n) is 4.37. The van der Waals surface area contributed by atoms with Gasteiger partial charge in [-0.05, 0) is 41.0 Å². The van der Waals surface area contributed by atoms with E-state index in [1.165, 1.54) is 6.42 Å². The lowest BCUT2D eigenvalue weighted by molar-refractivity contribution is 0.159. The first kappa shape index (κ1) is 13.1. The highest BCUT2D eigenvalue weighted by molar-refractivity contribution is 9.10. The molecule has 0 bridgehead atoms. The third-order valence-electron chi connectivity index (χ3n) is 3.08. The highest BCUT2D eigenvalue weighted by Gasteiger charge is 2.21. The van der Waals surface area contributed by atoms with Crippen LogP contribution in [-0.4, -0.2) is 44.3 Å². The van der Waals surface area contributed by atoms with Crippen LogP contribution in [0.2, 0.25) is 0 Å². The molecule has 2 rings (SSSR count). The third kappa shape index (κ3) is 4.10. The van der Waals surface area contributed by atoms with Crippen LogP contribution >= 0.6 is 15.9 Å². The second kappa shape index (κ2) is 6.54. The summed E-state index contributed by atoms with van der Waals surface area (Å²) < 4.78 is 11.3. The Labute approximate surface area is 110 Å². The van der Waals surface area contributed by atoms with Crippen LogP contribution in [0, 0.1) is 0 Å². The molecule has 1 aliphatic rings. The van der Waals surface area contributed by atoms with Crippen LogP contribution in [-0.2, 0) is 11.3 Å². The van der Waals surface area contributed by atoms with E-state index in [2.05, 4.69) is 26.1 Å². The minimum atomic E-state index is 0.565. The lowest BCUT2D eigenvalue weighted by atomic mass is 10.2. The van der Waals surface area contributed by atoms with Crippen LogP contribution in [0.4, 0.5) is 0 Å². The summed E-state index contributed by atoms with van der Waals surface area (Å²) in [5.41, 5.74) is 0. The monoisotopic (exact) mass is 302 g/mol. The molecule has 1 fully saturated rings. The molecule has 0 aromatic carbocycles. The van der Waals surface area contributed by atoms with Gasteiger partial charge in [0.1, 0.15) is 5.76 Å². The number of nitrogens with zero attached hydrogens (tertiary/aromatic N) is 1. The Morgan fingerprint density at radius 2 is 2.47 bits per heavy atom. The first-order valence-corrected chi connectivity index (χ1v) is 6.76. The minimum absolute atomic E-state index is 0.565. The van der Waals surface area contributed by atoms with Gasteiger partial charge in [-0.25, -0.2) is 0 Å². The number of likely N-dealkylation sites (tertiary alicyclic amines) is 1. The maximum absolute atomic E-state index is 5.46. The van der Waals surface area contributed by atoms with Crippen molar-refractivity contribution in [3.8, 4) is 0 Å². The van der Waals surface area contributed by atoms with E-state index < -0.39 is 0 Å². The van der Waals surface area contributed by atoms with E-state index in [1.807, 2.05) is 12.1 Å². The van der Waals surface area contributed by atoms with Gasteiger partial charge in [0.15, 0.2) is 4.67 Å². The first-order chi connectivity index (χ1) is 8.28. The third-order valence-corrected chi connectivity index (χ3v) is 3.50. The summed E-state index contributed by atoms with van der Waals surface area (Å²) >= 11 is 3.31. The van der Waals surface area contributed by atoms with Crippen molar-refractivity contribution in [3.05, 3.63) is 22.6 Å². The van der Waals surface area contributed by atoms with Crippen LogP contribution in [0.1, 0.15) is 12.2 Å². The van der Waals surface area contributed by atoms with E-state index >= 15 is 0 Å². The van der Waals surface area contributed by atoms with Gasteiger partial charge in [-0.15, -0.1) is 0 Å². The first-order valence-electron chi connectivity index (χ1n) is 5.97. The molecular weight excluding hydrogens is 284 g/mol. The molecule has 1 N–H and O–H groups in total. The summed E-state index contributed by atoms with van der Waals surface area (Å²) in [6, 6.07) is 4.49. The van der Waals surface area contributed by atoms with Crippen LogP contribution in [0.3, 0.4) is 0 Å². The van der Waals surface area contributed by atoms with Crippen molar-refractivity contribution in [1.29, 1.82) is 0 Å². The fourth-order valence-corrected chi connectivity index (χ4v) is 2.45. The van der Waals surface area contributed by atoms with Crippen LogP contribution < -0.4 is 5.32 Å². The molecule has 0 spiro atoms. The molecule has 0 aliphatic carbocycles. The quantitative estimate of drug-likeness (QED) is 0.870. The number of hydrogen-bond donors (Lipinski definition) is 1. The van der Waals surface area contributed by atoms with E-state index in [0.29, 0.717) is 6.04 Å². The Bertz CT molecular complexity index is 343. The molecule has 1 aliphatic heterocycles. The highest BCUT2D eigenvalue weighted by Crippen LogP contribution is 2.15. The summed E-state index contributed by atoms with van der Waals surface area (Å²) in [6.45, 7) is 4.90. The maximum atomic E-state index is 5.46. The molecule has 1 aromatic rings. The van der Waals surface area contributed by atoms with Gasteiger partial charge in [0.2, 0.25) is 0 Å². The summed E-state index contributed by atoms with van der Waals surface area (Å²) in [5, 5.41) is 3.52. The zero-order chi connectivity index (χ0) is 12.1. The molecule has 1 unspecified atom stereocenters. The van der Waals surface area contributed by atoms with Gasteiger partial charge in [0, 0.05) is 26.2 Å². The second-order valence-corrected chi connectivity index (χ2v) is 5.15. The van der Waals surface area contributed by atoms with Crippen molar-refractivity contribution in [2.75, 3.05) is 33.4 Å². The van der Waals surface area contributed by atoms with E-state index in [0.717, 1.165) is 43.2 Å². The van der Waals surface area contributed by atoms with Crippen molar-refractivity contribution < 1.29 is 9.15 Å². The maximum Gasteiger partial charge on any atom is 0.169 e. The number of hydrogen-bond acceptors (Lipinski definition) is 4. The molecule has 5 heteroatoms. The van der Waals surface area contributed by atoms with Gasteiger partial charge in [-0.2, -0.15) is 0 Å². The molecule has 4 nitrogen and oxygen atoms in total. The largest absolute Gasteiger partial charge is 0.453 e. The van der Waals surface area contributed by atoms with Gasteiger partial charge in [0.05, 0.1) is 13.2 Å². The van der Waals surface area contributed by atoms with Crippen molar-refractivity contribution >= 4 is 15.9 Å². The topological polar surface area (TPSA) is 37.6 Å². The van der Waals surface area contributed by atoms with Crippen LogP contribution in [0.25, 0.3) is 0 Å². The van der Waals surface area contributed by atoms with E-state index in [-0.39, 0.29) is 0 Å². The molecule has 0 radical (unpaired) electrons. The zero-order valence-electron chi connectivity index (χ0n) is 10.1. The van der Waals surface area contributed by atoms with Gasteiger partial charge in [-0.1, -0.05) is 0 Å². The molecule has 1 atom stereocenters. The fraction of sp³-hybridized carbons (Fsp3) is 0.667. The Morgan fingerprint density at radius 1 is 1.59 bits per heavy atom. The molecule has 2 heterocycles. The molecule has 1 aromatic heterocycles. The van der Waals surface area contributed by atoms with E-state index in [9.17, 15) is 0 Å². The number of methoxy groups -OCH3 is 1. The minimum Gasteiger partial charge on any atom is -0.453 e. The molecular formula is C12H19BrN2O2. The molecule has 17 heavy (non-hydrogen) atoms. The standard InChI is InChI=1S/C12H19BrN2O2/c1-16-7-6-15-5-4-10(9-15)14-8-11-2-3-12(13)17-11/h2-3,10,14H,4-9H2,1H3. The molecule has 0 amide bonds. The van der Waals surface area contributed by atoms with Gasteiger partial charge in [-0.3, -0.25) is 4.90 Å². The summed E-state index contributed by atoms with van der Waals surface area (Å²) in [7, 11) is 1.75. The normalized spacial score (nSPS) is 21.2. The van der Waals surface area contributed by atoms with E-state index in [4.69, 9.17) is 9.15 Å². The van der Waals surface area contributed by atoms with E-state index in [1.54, 1.807) is 7.11 Å². The Hall–Kier alpha value is -0.360. The van der Waals surface area contributed by atoms with Gasteiger partial charge < -0.3 is 14.5 Å². The van der Waals surface area contributed by atoms with Crippen LogP contribution in [0.15, 0.2) is 21.2 Å². The van der Waals surface area contributed by atoms with Crippen molar-refractivity contribution in [3.63, 3.8) is 0 Å². The zero-order valence-corrected chi connectivity index (χ0v) is 11.7. The lowest BCUT2D eigenvalue weighted by Crippen LogP contribution is -2.33. The van der Waals surface area contributed by atoms with Crippen LogP contribution in [0.5, 0.6) is 0 Å². The van der Waals surface area contributed by atoms with Gasteiger partial charge in [0.25, 0.3) is 0 Å². The number of halogens is 1. The Balaban J connectivity index is 1.67. The molecule has 96 valence electrons. The molecule has 0 saturated carbocycles. The molecule has 1 saturated heterocycles. The SMILES string of the molecule is COCCN1CCC(NCc2ccc(Br)o2)C1.